The SMILES string of the molecule is CC(c1ccc(Cl)cc1)N(C)Cc1ccc(C(=O)NN)s1. The first-order valence-electron chi connectivity index (χ1n) is 6.56. The molecule has 1 aromatic carbocycles. The van der Waals surface area contributed by atoms with Gasteiger partial charge in [0.15, 0.2) is 0 Å². The molecule has 0 aliphatic heterocycles. The number of nitrogen functional groups attached to an aromatic ring is 1. The molecule has 0 spiro atoms. The van der Waals surface area contributed by atoms with Crippen LogP contribution in [0.2, 0.25) is 5.02 Å². The number of nitrogens with one attached hydrogen (secondary N) is 1. The highest BCUT2D eigenvalue weighted by molar-refractivity contribution is 7.14. The number of benzene rings is 1. The van der Waals surface area contributed by atoms with Gasteiger partial charge < -0.3 is 0 Å². The van der Waals surface area contributed by atoms with Crippen molar-refractivity contribution in [2.45, 2.75) is 19.5 Å². The van der Waals surface area contributed by atoms with E-state index in [1.165, 1.54) is 16.9 Å². The maximum Gasteiger partial charge on any atom is 0.275 e. The summed E-state index contributed by atoms with van der Waals surface area (Å²) in [7, 11) is 2.06. The lowest BCUT2D eigenvalue weighted by Crippen LogP contribution is -2.29. The van der Waals surface area contributed by atoms with Crippen LogP contribution in [-0.2, 0) is 6.54 Å². The molecule has 1 atom stereocenters. The van der Waals surface area contributed by atoms with Crippen molar-refractivity contribution in [2.24, 2.45) is 5.84 Å². The number of carbonyl (C=O) groups excluding carboxylic acids is 1. The molecule has 0 fully saturated rings. The summed E-state index contributed by atoms with van der Waals surface area (Å²) in [5.41, 5.74) is 3.35. The largest absolute Gasteiger partial charge is 0.295 e. The lowest BCUT2D eigenvalue weighted by atomic mass is 10.1. The number of carbonyl (C=O) groups is 1. The Morgan fingerprint density at radius 3 is 2.62 bits per heavy atom. The molecule has 0 saturated carbocycles. The van der Waals surface area contributed by atoms with E-state index in [1.54, 1.807) is 6.07 Å². The zero-order valence-corrected chi connectivity index (χ0v) is 13.5. The summed E-state index contributed by atoms with van der Waals surface area (Å²) in [6.45, 7) is 2.91. The number of halogens is 1. The number of hydrazine groups is 1. The second-order valence-corrected chi connectivity index (χ2v) is 6.49. The van der Waals surface area contributed by atoms with Gasteiger partial charge in [-0.2, -0.15) is 0 Å². The highest BCUT2D eigenvalue weighted by Gasteiger charge is 2.14. The fraction of sp³-hybridized carbons (Fsp3) is 0.267. The molecule has 21 heavy (non-hydrogen) atoms. The highest BCUT2D eigenvalue weighted by Crippen LogP contribution is 2.24. The molecule has 0 radical (unpaired) electrons. The van der Waals surface area contributed by atoms with E-state index >= 15 is 0 Å². The van der Waals surface area contributed by atoms with Crippen LogP contribution in [0.3, 0.4) is 0 Å². The zero-order chi connectivity index (χ0) is 15.4. The second-order valence-electron chi connectivity index (χ2n) is 4.88. The molecule has 112 valence electrons. The van der Waals surface area contributed by atoms with Crippen molar-refractivity contribution in [3.05, 3.63) is 56.7 Å². The van der Waals surface area contributed by atoms with Gasteiger partial charge in [-0.05, 0) is 43.8 Å². The zero-order valence-electron chi connectivity index (χ0n) is 12.0. The van der Waals surface area contributed by atoms with Crippen LogP contribution in [0.5, 0.6) is 0 Å². The molecular formula is C15H18ClN3OS. The first-order valence-corrected chi connectivity index (χ1v) is 7.76. The number of nitrogens with two attached hydrogens (primary N) is 1. The van der Waals surface area contributed by atoms with Crippen LogP contribution in [0.1, 0.15) is 33.1 Å². The summed E-state index contributed by atoms with van der Waals surface area (Å²) >= 11 is 7.37. The monoisotopic (exact) mass is 323 g/mol. The van der Waals surface area contributed by atoms with E-state index in [0.717, 1.165) is 16.4 Å². The van der Waals surface area contributed by atoms with Crippen LogP contribution in [-0.4, -0.2) is 17.9 Å². The van der Waals surface area contributed by atoms with E-state index in [9.17, 15) is 4.79 Å². The van der Waals surface area contributed by atoms with Crippen molar-refractivity contribution in [2.75, 3.05) is 7.05 Å². The van der Waals surface area contributed by atoms with Crippen molar-refractivity contribution < 1.29 is 4.79 Å². The predicted octanol–water partition coefficient (Wildman–Crippen LogP) is 3.20. The van der Waals surface area contributed by atoms with Crippen LogP contribution in [0, 0.1) is 0 Å². The number of amides is 1. The second kappa shape index (κ2) is 7.04. The average molecular weight is 324 g/mol. The normalized spacial score (nSPS) is 12.4. The third-order valence-corrected chi connectivity index (χ3v) is 4.76. The Kier molecular flexibility index (Phi) is 5.36. The van der Waals surface area contributed by atoms with Crippen molar-refractivity contribution >= 4 is 28.8 Å². The van der Waals surface area contributed by atoms with Gasteiger partial charge in [0, 0.05) is 22.5 Å². The maximum atomic E-state index is 11.4. The molecule has 2 aromatic rings. The van der Waals surface area contributed by atoms with Gasteiger partial charge in [0.1, 0.15) is 0 Å². The Hall–Kier alpha value is -1.40. The molecule has 6 heteroatoms. The van der Waals surface area contributed by atoms with Crippen LogP contribution in [0.4, 0.5) is 0 Å². The first kappa shape index (κ1) is 16.0. The summed E-state index contributed by atoms with van der Waals surface area (Å²) in [6.07, 6.45) is 0. The third-order valence-electron chi connectivity index (χ3n) is 3.44. The van der Waals surface area contributed by atoms with E-state index in [1.807, 2.05) is 30.3 Å². The van der Waals surface area contributed by atoms with Crippen LogP contribution >= 0.6 is 22.9 Å². The van der Waals surface area contributed by atoms with Crippen molar-refractivity contribution in [1.82, 2.24) is 10.3 Å². The van der Waals surface area contributed by atoms with Gasteiger partial charge in [-0.1, -0.05) is 23.7 Å². The van der Waals surface area contributed by atoms with E-state index in [2.05, 4.69) is 24.3 Å². The number of hydrogen-bond acceptors (Lipinski definition) is 4. The average Bonchev–Trinajstić information content (AvgIpc) is 2.95. The Balaban J connectivity index is 2.03. The van der Waals surface area contributed by atoms with Gasteiger partial charge in [-0.25, -0.2) is 5.84 Å². The topological polar surface area (TPSA) is 58.4 Å². The maximum absolute atomic E-state index is 11.4. The first-order chi connectivity index (χ1) is 10.0. The molecule has 1 heterocycles. The van der Waals surface area contributed by atoms with E-state index in [-0.39, 0.29) is 11.9 Å². The third kappa shape index (κ3) is 4.04. The number of nitrogens with zero attached hydrogens (tertiary/aromatic N) is 1. The molecular weight excluding hydrogens is 306 g/mol. The smallest absolute Gasteiger partial charge is 0.275 e. The predicted molar refractivity (Wildman–Crippen MR) is 87.3 cm³/mol. The molecule has 1 unspecified atom stereocenters. The molecule has 0 bridgehead atoms. The lowest BCUT2D eigenvalue weighted by Gasteiger charge is -2.24. The number of rotatable bonds is 5. The van der Waals surface area contributed by atoms with Gasteiger partial charge in [0.2, 0.25) is 0 Å². The van der Waals surface area contributed by atoms with Crippen molar-refractivity contribution in [3.8, 4) is 0 Å². The molecule has 2 rings (SSSR count). The van der Waals surface area contributed by atoms with Crippen molar-refractivity contribution in [3.63, 3.8) is 0 Å². The lowest BCUT2D eigenvalue weighted by molar-refractivity contribution is 0.0957. The van der Waals surface area contributed by atoms with Crippen molar-refractivity contribution in [1.29, 1.82) is 0 Å². The van der Waals surface area contributed by atoms with Gasteiger partial charge in [0.25, 0.3) is 5.91 Å². The Morgan fingerprint density at radius 2 is 2.00 bits per heavy atom. The standard InChI is InChI=1S/C15H18ClN3OS/c1-10(11-3-5-12(16)6-4-11)19(2)9-13-7-8-14(21-13)15(20)18-17/h3-8,10H,9,17H2,1-2H3,(H,18,20). The number of hydrogen-bond donors (Lipinski definition) is 2. The Morgan fingerprint density at radius 1 is 1.33 bits per heavy atom. The fourth-order valence-electron chi connectivity index (χ4n) is 2.03. The van der Waals surface area contributed by atoms with E-state index in [4.69, 9.17) is 17.4 Å². The van der Waals surface area contributed by atoms with Crippen LogP contribution in [0.15, 0.2) is 36.4 Å². The highest BCUT2D eigenvalue weighted by atomic mass is 35.5. The molecule has 0 aliphatic carbocycles. The Bertz CT molecular complexity index is 612. The fourth-order valence-corrected chi connectivity index (χ4v) is 3.14. The van der Waals surface area contributed by atoms with Gasteiger partial charge in [0.05, 0.1) is 4.88 Å². The molecule has 1 amide bonds. The molecule has 4 nitrogen and oxygen atoms in total. The number of thiophene rings is 1. The van der Waals surface area contributed by atoms with Gasteiger partial charge >= 0.3 is 0 Å². The van der Waals surface area contributed by atoms with Gasteiger partial charge in [-0.3, -0.25) is 15.1 Å². The summed E-state index contributed by atoms with van der Waals surface area (Å²) in [6, 6.07) is 11.9. The summed E-state index contributed by atoms with van der Waals surface area (Å²) < 4.78 is 0. The minimum Gasteiger partial charge on any atom is -0.295 e. The molecule has 3 N–H and O–H groups in total. The van der Waals surface area contributed by atoms with Crippen LogP contribution < -0.4 is 11.3 Å². The summed E-state index contributed by atoms with van der Waals surface area (Å²) in [4.78, 5) is 15.4. The summed E-state index contributed by atoms with van der Waals surface area (Å²) in [5.74, 6) is 4.89. The van der Waals surface area contributed by atoms with E-state index < -0.39 is 0 Å². The quantitative estimate of drug-likeness (QED) is 0.504. The Labute approximate surface area is 133 Å². The molecule has 0 saturated heterocycles. The molecule has 1 aromatic heterocycles. The summed E-state index contributed by atoms with van der Waals surface area (Å²) in [5, 5.41) is 0.740. The minimum absolute atomic E-state index is 0.250. The van der Waals surface area contributed by atoms with E-state index in [0.29, 0.717) is 4.88 Å². The molecule has 0 aliphatic rings. The van der Waals surface area contributed by atoms with Gasteiger partial charge in [-0.15, -0.1) is 11.3 Å². The minimum atomic E-state index is -0.250. The van der Waals surface area contributed by atoms with Crippen LogP contribution in [0.25, 0.3) is 0 Å².